The number of rotatable bonds is 11. The van der Waals surface area contributed by atoms with Gasteiger partial charge in [0.2, 0.25) is 11.5 Å². The molecule has 0 radical (unpaired) electrons. The van der Waals surface area contributed by atoms with Crippen molar-refractivity contribution in [1.29, 1.82) is 0 Å². The van der Waals surface area contributed by atoms with Gasteiger partial charge in [-0.25, -0.2) is 0 Å². The molecular formula is C27H42Br2IK5O13. The van der Waals surface area contributed by atoms with Gasteiger partial charge in [0.15, 0.2) is 23.0 Å². The number of phenols is 1. The van der Waals surface area contributed by atoms with E-state index in [1.54, 1.807) is 12.1 Å². The summed E-state index contributed by atoms with van der Waals surface area (Å²) >= 11 is 3.37. The van der Waals surface area contributed by atoms with Crippen molar-refractivity contribution in [2.45, 2.75) is 51.5 Å². The molecule has 2 unspecified atom stereocenters. The number of benzene rings is 2. The van der Waals surface area contributed by atoms with Gasteiger partial charge in [0, 0.05) is 16.0 Å². The third kappa shape index (κ3) is 38.7. The van der Waals surface area contributed by atoms with Gasteiger partial charge >= 0.3 is 257 Å². The molecule has 2 aromatic carbocycles. The molecule has 48 heavy (non-hydrogen) atoms. The first kappa shape index (κ1) is 81.9. The predicted molar refractivity (Wildman–Crippen MR) is 154 cm³/mol. The normalized spacial score (nSPS) is 8.71. The van der Waals surface area contributed by atoms with E-state index in [0.29, 0.717) is 39.5 Å². The summed E-state index contributed by atoms with van der Waals surface area (Å²) < 4.78 is 25.8. The van der Waals surface area contributed by atoms with Crippen LogP contribution in [-0.2, 0) is 9.68 Å². The summed E-state index contributed by atoms with van der Waals surface area (Å²) in [6, 6.07) is 6.14. The van der Waals surface area contributed by atoms with Crippen LogP contribution in [0.4, 0.5) is 0 Å². The monoisotopic (exact) mass is 1050 g/mol. The number of carbonyl (C=O) groups excluding carboxylic acids is 3. The minimum Gasteiger partial charge on any atom is -1.00 e. The van der Waals surface area contributed by atoms with Crippen molar-refractivity contribution in [2.75, 3.05) is 28.4 Å². The van der Waals surface area contributed by atoms with Crippen LogP contribution in [0.15, 0.2) is 24.3 Å². The Morgan fingerprint density at radius 3 is 1.23 bits per heavy atom. The Labute approximate surface area is 534 Å². The van der Waals surface area contributed by atoms with Gasteiger partial charge in [0.1, 0.15) is 12.6 Å². The molecule has 0 heterocycles. The van der Waals surface area contributed by atoms with Gasteiger partial charge in [-0.05, 0) is 44.0 Å². The second kappa shape index (κ2) is 54.9. The smallest absolute Gasteiger partial charge is 1.00 e. The zero-order valence-corrected chi connectivity index (χ0v) is 51.2. The van der Waals surface area contributed by atoms with Crippen molar-refractivity contribution >= 4 is 35.0 Å². The van der Waals surface area contributed by atoms with Crippen LogP contribution in [0.25, 0.3) is 0 Å². The molecule has 4 N–H and O–H groups in total. The first-order chi connectivity index (χ1) is 18.6. The minimum atomic E-state index is -0.181. The van der Waals surface area contributed by atoms with Crippen LogP contribution >= 0.6 is 15.9 Å². The maximum Gasteiger partial charge on any atom is 1.00 e. The molecule has 0 saturated carbocycles. The number of ether oxygens (including phenoxy) is 5. The van der Waals surface area contributed by atoms with Gasteiger partial charge in [-0.1, -0.05) is 36.7 Å². The molecule has 0 aliphatic rings. The summed E-state index contributed by atoms with van der Waals surface area (Å²) in [7, 11) is 5.88. The van der Waals surface area contributed by atoms with Crippen molar-refractivity contribution in [3.63, 3.8) is 0 Å². The number of alkyl halides is 1. The average Bonchev–Trinajstić information content (AvgIpc) is 2.97. The second-order valence-corrected chi connectivity index (χ2v) is 9.05. The van der Waals surface area contributed by atoms with E-state index in [2.05, 4.69) is 34.7 Å². The third-order valence-corrected chi connectivity index (χ3v) is 5.40. The maximum atomic E-state index is 10.8. The first-order valence-electron chi connectivity index (χ1n) is 11.7. The van der Waals surface area contributed by atoms with Gasteiger partial charge in [-0.2, -0.15) is 0 Å². The summed E-state index contributed by atoms with van der Waals surface area (Å²) in [5.74, 6) is 1.90. The summed E-state index contributed by atoms with van der Waals surface area (Å²) in [6.07, 6.45) is 3.56. The molecule has 0 amide bonds. The van der Waals surface area contributed by atoms with Crippen LogP contribution in [0, 0.1) is 0 Å². The Balaban J connectivity index is -0.0000000388. The van der Waals surface area contributed by atoms with Gasteiger partial charge in [0.25, 0.3) is 6.47 Å². The van der Waals surface area contributed by atoms with Crippen LogP contribution in [0.2, 0.25) is 0 Å². The molecule has 2 atom stereocenters. The van der Waals surface area contributed by atoms with E-state index in [1.807, 2.05) is 13.8 Å². The number of phenolic OH excluding ortho intramolecular Hbond substituents is 1. The number of methoxy groups -OCH3 is 4. The average molecular weight is 1060 g/mol. The molecule has 254 valence electrons. The fraction of sp³-hybridized carbons (Fsp3) is 0.444. The molecule has 0 spiro atoms. The molecule has 0 aliphatic carbocycles. The van der Waals surface area contributed by atoms with Crippen molar-refractivity contribution in [3.05, 3.63) is 35.4 Å². The van der Waals surface area contributed by atoms with Gasteiger partial charge in [-0.15, -0.1) is 0 Å². The molecule has 2 aromatic rings. The zero-order chi connectivity index (χ0) is 30.4. The van der Waals surface area contributed by atoms with Gasteiger partial charge < -0.3 is 92.3 Å². The van der Waals surface area contributed by atoms with E-state index in [1.165, 1.54) is 47.0 Å². The van der Waals surface area contributed by atoms with E-state index in [0.717, 1.165) is 12.7 Å². The Kier molecular flexibility index (Phi) is 93.7. The Morgan fingerprint density at radius 2 is 1.04 bits per heavy atom. The molecule has 0 fully saturated rings. The minimum absolute atomic E-state index is 0. The first-order valence-corrected chi connectivity index (χ1v) is 12.6. The van der Waals surface area contributed by atoms with Crippen molar-refractivity contribution in [2.24, 2.45) is 0 Å². The topological polar surface area (TPSA) is 211 Å². The van der Waals surface area contributed by atoms with E-state index >= 15 is 0 Å². The summed E-state index contributed by atoms with van der Waals surface area (Å²) in [6.45, 7) is 8.11. The summed E-state index contributed by atoms with van der Waals surface area (Å²) in [4.78, 5) is 33.2. The van der Waals surface area contributed by atoms with Crippen molar-refractivity contribution in [1.82, 2.24) is 0 Å². The molecule has 13 nitrogen and oxygen atoms in total. The summed E-state index contributed by atoms with van der Waals surface area (Å²) in [5, 5.41) is 17.9. The standard InChI is InChI=1S/C13H18O4.C9H10O4.C4H9Br.CH2O3.BrH.HI.5K.2H2O.H/c1-5-9(2)17-13-11(15-3)6-10(8-14)7-12(13)16-4;1-12-7-3-6(5-10)4-8(13-2)9(7)11;1-3-4(2)5;2-1-4-3;;;;;;;;;;/h6-9H,5H2,1-4H3;3-5,11H,1-2H3;4H,3H2,1-2H3;1,3H;2*1H;;;;;;2*1H2;/q;;;;;;5*+1;;;-1/p-4. The number of carbonyl (C=O) groups is 3. The van der Waals surface area contributed by atoms with Crippen LogP contribution in [0.3, 0.4) is 0 Å². The number of halogens is 3. The number of aromatic hydroxyl groups is 1. The second-order valence-electron chi connectivity index (χ2n) is 7.48. The maximum absolute atomic E-state index is 10.8. The number of hydrogen-bond acceptors (Lipinski definition) is 12. The van der Waals surface area contributed by atoms with Crippen LogP contribution in [0.5, 0.6) is 34.5 Å². The summed E-state index contributed by atoms with van der Waals surface area (Å²) in [5.41, 5.74) is 0.890. The molecule has 0 saturated heterocycles. The van der Waals surface area contributed by atoms with Crippen LogP contribution < -0.4 is 327 Å². The number of hydrogen-bond donors (Lipinski definition) is 1. The zero-order valence-electron chi connectivity index (χ0n) is 31.2. The Morgan fingerprint density at radius 1 is 0.771 bits per heavy atom. The van der Waals surface area contributed by atoms with E-state index in [9.17, 15) is 14.7 Å². The molecule has 21 heteroatoms. The molecule has 0 bridgehead atoms. The SMILES string of the molecule is CCC(C)Br.CCC(C)Oc1c(OC)cc(C=O)cc1OC.COc1cc(C=O)cc(OC)c1O.O.O=CO[O-].[Br-].[H-].[I-].[K+].[K+].[K+].[K+].[K+].[OH-]. The van der Waals surface area contributed by atoms with Gasteiger partial charge in [-0.3, -0.25) is 14.4 Å². The van der Waals surface area contributed by atoms with E-state index < -0.39 is 0 Å². The predicted octanol–water partition coefficient (Wildman–Crippen LogP) is -17.3. The molecular weight excluding hydrogens is 1010 g/mol. The quantitative estimate of drug-likeness (QED) is 0.0556. The fourth-order valence-corrected chi connectivity index (χ4v) is 2.35. The Hall–Kier alpha value is 5.80. The fourth-order valence-electron chi connectivity index (χ4n) is 2.35. The van der Waals surface area contributed by atoms with Crippen LogP contribution in [-0.4, -0.2) is 74.5 Å². The third-order valence-electron chi connectivity index (χ3n) is 4.75. The van der Waals surface area contributed by atoms with E-state index in [4.69, 9.17) is 33.7 Å². The van der Waals surface area contributed by atoms with Gasteiger partial charge in [0.05, 0.1) is 34.5 Å². The van der Waals surface area contributed by atoms with E-state index in [-0.39, 0.29) is 340 Å². The Bertz CT molecular complexity index is 976. The molecule has 0 aromatic heterocycles. The largest absolute Gasteiger partial charge is 1.00 e. The number of aldehydes is 2. The molecule has 0 aliphatic heterocycles. The van der Waals surface area contributed by atoms with Crippen molar-refractivity contribution < 1.29 is 364 Å². The van der Waals surface area contributed by atoms with Crippen LogP contribution in [0.1, 0.15) is 62.7 Å². The van der Waals surface area contributed by atoms with Crippen molar-refractivity contribution in [3.8, 4) is 34.5 Å². The molecule has 2 rings (SSSR count).